The molecule has 4 amide bonds. The minimum Gasteiger partial charge on any atom is -0.322 e. The van der Waals surface area contributed by atoms with E-state index < -0.39 is 47.0 Å². The van der Waals surface area contributed by atoms with Gasteiger partial charge in [-0.3, -0.25) is 15.0 Å². The second kappa shape index (κ2) is 7.96. The van der Waals surface area contributed by atoms with Crippen LogP contribution in [0, 0.1) is 5.92 Å². The summed E-state index contributed by atoms with van der Waals surface area (Å²) < 4.78 is 39.8. The Morgan fingerprint density at radius 2 is 1.78 bits per heavy atom. The average Bonchev–Trinajstić information content (AvgIpc) is 3.53. The first-order valence-electron chi connectivity index (χ1n) is 10.3. The zero-order chi connectivity index (χ0) is 23.1. The first-order chi connectivity index (χ1) is 15.1. The van der Waals surface area contributed by atoms with Gasteiger partial charge in [0.15, 0.2) is 0 Å². The molecule has 0 bridgehead atoms. The van der Waals surface area contributed by atoms with Crippen LogP contribution in [0.4, 0.5) is 18.0 Å². The van der Waals surface area contributed by atoms with E-state index in [2.05, 4.69) is 10.7 Å². The summed E-state index contributed by atoms with van der Waals surface area (Å²) in [5.74, 6) is -2.60. The number of carbonyl (C=O) groups is 3. The van der Waals surface area contributed by atoms with E-state index in [1.54, 1.807) is 6.92 Å². The number of halogens is 3. The largest absolute Gasteiger partial charge is 0.416 e. The van der Waals surface area contributed by atoms with E-state index in [0.29, 0.717) is 17.9 Å². The number of urea groups is 1. The number of carbonyl (C=O) groups excluding carboxylic acids is 3. The minimum absolute atomic E-state index is 0.0463. The van der Waals surface area contributed by atoms with Gasteiger partial charge in [-0.1, -0.05) is 48.5 Å². The third-order valence-electron chi connectivity index (χ3n) is 6.03. The molecule has 1 aliphatic carbocycles. The van der Waals surface area contributed by atoms with E-state index in [9.17, 15) is 27.6 Å². The quantitative estimate of drug-likeness (QED) is 0.665. The number of imide groups is 1. The Hall–Kier alpha value is -3.36. The number of hydrogen-bond acceptors (Lipinski definition) is 3. The molecule has 1 saturated carbocycles. The summed E-state index contributed by atoms with van der Waals surface area (Å²) >= 11 is 0. The Bertz CT molecular complexity index is 1060. The van der Waals surface area contributed by atoms with Crippen molar-refractivity contribution >= 4 is 17.8 Å². The van der Waals surface area contributed by atoms with Crippen molar-refractivity contribution in [3.63, 3.8) is 0 Å². The number of hydrazine groups is 1. The van der Waals surface area contributed by atoms with Crippen molar-refractivity contribution in [1.82, 2.24) is 15.8 Å². The highest BCUT2D eigenvalue weighted by atomic mass is 19.4. The maximum atomic E-state index is 13.3. The van der Waals surface area contributed by atoms with Gasteiger partial charge < -0.3 is 5.32 Å². The molecule has 6 nitrogen and oxygen atoms in total. The van der Waals surface area contributed by atoms with Crippen molar-refractivity contribution in [2.45, 2.75) is 43.8 Å². The molecule has 2 fully saturated rings. The van der Waals surface area contributed by atoms with Gasteiger partial charge >= 0.3 is 12.2 Å². The molecule has 3 atom stereocenters. The van der Waals surface area contributed by atoms with Crippen LogP contribution in [0.25, 0.3) is 0 Å². The fourth-order valence-corrected chi connectivity index (χ4v) is 4.09. The Morgan fingerprint density at radius 3 is 2.47 bits per heavy atom. The second-order valence-electron chi connectivity index (χ2n) is 8.40. The van der Waals surface area contributed by atoms with Crippen LogP contribution < -0.4 is 10.7 Å². The molecular formula is C23H22F3N3O3. The molecule has 1 aliphatic heterocycles. The van der Waals surface area contributed by atoms with Crippen molar-refractivity contribution in [1.29, 1.82) is 0 Å². The van der Waals surface area contributed by atoms with Gasteiger partial charge in [0.2, 0.25) is 5.91 Å². The van der Waals surface area contributed by atoms with Crippen LogP contribution in [0.15, 0.2) is 54.6 Å². The molecule has 2 N–H and O–H groups in total. The number of nitrogens with one attached hydrogen (secondary N) is 2. The molecule has 4 rings (SSSR count). The lowest BCUT2D eigenvalue weighted by Crippen LogP contribution is -2.49. The van der Waals surface area contributed by atoms with Crippen molar-refractivity contribution in [2.24, 2.45) is 5.92 Å². The molecule has 32 heavy (non-hydrogen) atoms. The van der Waals surface area contributed by atoms with Gasteiger partial charge in [-0.05, 0) is 49.3 Å². The number of hydrogen-bond donors (Lipinski definition) is 2. The zero-order valence-corrected chi connectivity index (χ0v) is 17.3. The topological polar surface area (TPSA) is 78.5 Å². The first-order valence-corrected chi connectivity index (χ1v) is 10.3. The fraction of sp³-hybridized carbons (Fsp3) is 0.348. The van der Waals surface area contributed by atoms with Crippen LogP contribution in [-0.2, 0) is 22.2 Å². The van der Waals surface area contributed by atoms with E-state index in [1.165, 1.54) is 18.2 Å². The lowest BCUT2D eigenvalue weighted by molar-refractivity contribution is -0.139. The Kier molecular flexibility index (Phi) is 5.44. The van der Waals surface area contributed by atoms with Gasteiger partial charge in [0, 0.05) is 5.92 Å². The highest BCUT2D eigenvalue weighted by Gasteiger charge is 2.52. The molecule has 3 unspecified atom stereocenters. The van der Waals surface area contributed by atoms with Gasteiger partial charge in [-0.2, -0.15) is 18.2 Å². The van der Waals surface area contributed by atoms with E-state index >= 15 is 0 Å². The predicted molar refractivity (Wildman–Crippen MR) is 109 cm³/mol. The summed E-state index contributed by atoms with van der Waals surface area (Å²) in [4.78, 5) is 37.8. The summed E-state index contributed by atoms with van der Waals surface area (Å²) in [6, 6.07) is 13.8. The normalized spacial score (nSPS) is 24.9. The van der Waals surface area contributed by atoms with Gasteiger partial charge in [-0.25, -0.2) is 4.79 Å². The summed E-state index contributed by atoms with van der Waals surface area (Å²) in [6.45, 7) is 1.59. The van der Waals surface area contributed by atoms with Crippen LogP contribution >= 0.6 is 0 Å². The van der Waals surface area contributed by atoms with Crippen LogP contribution in [0.1, 0.15) is 42.4 Å². The molecule has 1 heterocycles. The Morgan fingerprint density at radius 1 is 1.12 bits per heavy atom. The standard InChI is InChI=1S/C23H22F3N3O3/c1-22(12-11-14-7-3-2-4-8-14)20(31)29(21(32)27-22)28-19(30)17-13-16(17)15-9-5-6-10-18(15)23(24,25)26/h2-10,16-17H,11-13H2,1H3,(H,27,32)(H,28,30). The monoisotopic (exact) mass is 445 g/mol. The molecule has 0 aromatic heterocycles. The lowest BCUT2D eigenvalue weighted by atomic mass is 9.93. The lowest BCUT2D eigenvalue weighted by Gasteiger charge is -2.21. The molecule has 9 heteroatoms. The smallest absolute Gasteiger partial charge is 0.322 e. The molecule has 2 aromatic carbocycles. The molecule has 0 spiro atoms. The summed E-state index contributed by atoms with van der Waals surface area (Å²) in [5, 5.41) is 3.25. The van der Waals surface area contributed by atoms with Crippen molar-refractivity contribution in [3.8, 4) is 0 Å². The number of rotatable bonds is 6. The predicted octanol–water partition coefficient (Wildman–Crippen LogP) is 3.78. The highest BCUT2D eigenvalue weighted by Crippen LogP contribution is 2.51. The Labute approximate surface area is 182 Å². The van der Waals surface area contributed by atoms with E-state index in [1.807, 2.05) is 30.3 Å². The van der Waals surface area contributed by atoms with E-state index in [0.717, 1.165) is 11.6 Å². The highest BCUT2D eigenvalue weighted by molar-refractivity contribution is 6.08. The van der Waals surface area contributed by atoms with Gasteiger partial charge in [-0.15, -0.1) is 0 Å². The van der Waals surface area contributed by atoms with Gasteiger partial charge in [0.1, 0.15) is 5.54 Å². The van der Waals surface area contributed by atoms with Crippen LogP contribution in [0.3, 0.4) is 0 Å². The van der Waals surface area contributed by atoms with Crippen LogP contribution in [-0.4, -0.2) is 28.4 Å². The van der Waals surface area contributed by atoms with Crippen molar-refractivity contribution in [2.75, 3.05) is 0 Å². The first kappa shape index (κ1) is 21.9. The maximum absolute atomic E-state index is 13.3. The second-order valence-corrected chi connectivity index (χ2v) is 8.40. The molecule has 0 radical (unpaired) electrons. The number of aryl methyl sites for hydroxylation is 1. The fourth-order valence-electron chi connectivity index (χ4n) is 4.09. The van der Waals surface area contributed by atoms with Gasteiger partial charge in [0.25, 0.3) is 5.91 Å². The summed E-state index contributed by atoms with van der Waals surface area (Å²) in [5.41, 5.74) is 1.39. The third-order valence-corrected chi connectivity index (χ3v) is 6.03. The summed E-state index contributed by atoms with van der Waals surface area (Å²) in [6.07, 6.45) is -3.43. The SMILES string of the molecule is CC1(CCc2ccccc2)NC(=O)N(NC(=O)C2CC2c2ccccc2C(F)(F)F)C1=O. The van der Waals surface area contributed by atoms with E-state index in [-0.39, 0.29) is 12.0 Å². The van der Waals surface area contributed by atoms with E-state index in [4.69, 9.17) is 0 Å². The number of benzene rings is 2. The molecular weight excluding hydrogens is 423 g/mol. The number of amides is 4. The zero-order valence-electron chi connectivity index (χ0n) is 17.3. The van der Waals surface area contributed by atoms with Crippen molar-refractivity contribution in [3.05, 3.63) is 71.3 Å². The van der Waals surface area contributed by atoms with Crippen molar-refractivity contribution < 1.29 is 27.6 Å². The van der Waals surface area contributed by atoms with Gasteiger partial charge in [0.05, 0.1) is 5.56 Å². The summed E-state index contributed by atoms with van der Waals surface area (Å²) in [7, 11) is 0. The number of alkyl halides is 3. The molecule has 2 aromatic rings. The molecule has 1 saturated heterocycles. The average molecular weight is 445 g/mol. The maximum Gasteiger partial charge on any atom is 0.416 e. The molecule has 2 aliphatic rings. The van der Waals surface area contributed by atoms with Crippen LogP contribution in [0.5, 0.6) is 0 Å². The minimum atomic E-state index is -4.52. The Balaban J connectivity index is 1.40. The third kappa shape index (κ3) is 4.19. The molecule has 168 valence electrons. The van der Waals surface area contributed by atoms with Crippen LogP contribution in [0.2, 0.25) is 0 Å². The number of nitrogens with zero attached hydrogens (tertiary/aromatic N) is 1.